The van der Waals surface area contributed by atoms with Crippen LogP contribution in [0.1, 0.15) is 45.1 Å². The van der Waals surface area contributed by atoms with Crippen molar-refractivity contribution < 1.29 is 8.78 Å². The molecule has 0 N–H and O–H groups in total. The second kappa shape index (κ2) is 5.81. The van der Waals surface area contributed by atoms with Crippen molar-refractivity contribution in [2.75, 3.05) is 0 Å². The number of hydrogen-bond donors (Lipinski definition) is 0. The first-order chi connectivity index (χ1) is 8.56. The van der Waals surface area contributed by atoms with E-state index in [1.54, 1.807) is 0 Å². The van der Waals surface area contributed by atoms with E-state index in [4.69, 9.17) is 0 Å². The van der Waals surface area contributed by atoms with Gasteiger partial charge < -0.3 is 0 Å². The maximum absolute atomic E-state index is 13.5. The van der Waals surface area contributed by atoms with Gasteiger partial charge in [-0.2, -0.15) is 0 Å². The van der Waals surface area contributed by atoms with Gasteiger partial charge in [0.15, 0.2) is 0 Å². The van der Waals surface area contributed by atoms with Crippen molar-refractivity contribution in [1.82, 2.24) is 0 Å². The second-order valence-corrected chi connectivity index (χ2v) is 5.93. The maximum Gasteiger partial charge on any atom is 0.126 e. The molecule has 0 nitrogen and oxygen atoms in total. The van der Waals surface area contributed by atoms with Gasteiger partial charge in [-0.15, -0.1) is 0 Å². The van der Waals surface area contributed by atoms with Crippen LogP contribution in [-0.4, -0.2) is 0 Å². The van der Waals surface area contributed by atoms with Crippen LogP contribution >= 0.6 is 0 Å². The fourth-order valence-corrected chi connectivity index (χ4v) is 3.13. The number of hydrogen-bond acceptors (Lipinski definition) is 0. The summed E-state index contributed by atoms with van der Waals surface area (Å²) in [7, 11) is 0. The molecule has 0 spiro atoms. The minimum Gasteiger partial charge on any atom is -0.207 e. The van der Waals surface area contributed by atoms with Gasteiger partial charge in [-0.1, -0.05) is 26.7 Å². The lowest BCUT2D eigenvalue weighted by atomic mass is 9.73. The summed E-state index contributed by atoms with van der Waals surface area (Å²) in [5.74, 6) is 1.56. The van der Waals surface area contributed by atoms with Gasteiger partial charge in [0.25, 0.3) is 0 Å². The molecule has 1 fully saturated rings. The minimum absolute atomic E-state index is 0.270. The summed E-state index contributed by atoms with van der Waals surface area (Å²) in [6, 6.07) is 3.76. The van der Waals surface area contributed by atoms with Gasteiger partial charge >= 0.3 is 0 Å². The van der Waals surface area contributed by atoms with Crippen LogP contribution < -0.4 is 0 Å². The van der Waals surface area contributed by atoms with E-state index in [1.165, 1.54) is 37.5 Å². The highest BCUT2D eigenvalue weighted by molar-refractivity contribution is 5.18. The van der Waals surface area contributed by atoms with Crippen molar-refractivity contribution in [3.8, 4) is 0 Å². The predicted octanol–water partition coefficient (Wildman–Crippen LogP) is 4.97. The molecule has 2 heteroatoms. The van der Waals surface area contributed by atoms with Gasteiger partial charge in [-0.3, -0.25) is 0 Å². The van der Waals surface area contributed by atoms with Crippen LogP contribution in [-0.2, 0) is 6.42 Å². The van der Waals surface area contributed by atoms with Crippen LogP contribution in [0.25, 0.3) is 0 Å². The monoisotopic (exact) mass is 252 g/mol. The molecule has 0 heterocycles. The van der Waals surface area contributed by atoms with Crippen LogP contribution in [0.15, 0.2) is 18.2 Å². The van der Waals surface area contributed by atoms with Gasteiger partial charge in [-0.25, -0.2) is 8.78 Å². The Balaban J connectivity index is 1.96. The molecule has 0 aromatic heterocycles. The van der Waals surface area contributed by atoms with E-state index in [1.807, 2.05) is 0 Å². The summed E-state index contributed by atoms with van der Waals surface area (Å²) < 4.78 is 26.6. The van der Waals surface area contributed by atoms with E-state index in [9.17, 15) is 8.78 Å². The van der Waals surface area contributed by atoms with Gasteiger partial charge in [0.1, 0.15) is 11.6 Å². The van der Waals surface area contributed by atoms with Gasteiger partial charge in [-0.05, 0) is 60.8 Å². The summed E-state index contributed by atoms with van der Waals surface area (Å²) in [5, 5.41) is 0. The first-order valence-electron chi connectivity index (χ1n) is 7.00. The van der Waals surface area contributed by atoms with Crippen LogP contribution in [0.5, 0.6) is 0 Å². The molecule has 1 saturated carbocycles. The molecule has 1 aromatic rings. The zero-order chi connectivity index (χ0) is 13.1. The van der Waals surface area contributed by atoms with Crippen molar-refractivity contribution in [1.29, 1.82) is 0 Å². The van der Waals surface area contributed by atoms with Crippen molar-refractivity contribution >= 4 is 0 Å². The molecule has 3 unspecified atom stereocenters. The summed E-state index contributed by atoms with van der Waals surface area (Å²) in [6.07, 6.45) is 5.46. The lowest BCUT2D eigenvalue weighted by Crippen LogP contribution is -2.22. The average Bonchev–Trinajstić information content (AvgIpc) is 2.34. The molecule has 18 heavy (non-hydrogen) atoms. The molecule has 1 aliphatic carbocycles. The quantitative estimate of drug-likeness (QED) is 0.712. The fourth-order valence-electron chi connectivity index (χ4n) is 3.13. The summed E-state index contributed by atoms with van der Waals surface area (Å²) in [5.41, 5.74) is 0.528. The Morgan fingerprint density at radius 3 is 2.72 bits per heavy atom. The largest absolute Gasteiger partial charge is 0.207 e. The van der Waals surface area contributed by atoms with Crippen LogP contribution in [0.3, 0.4) is 0 Å². The molecule has 0 bridgehead atoms. The number of halogens is 2. The van der Waals surface area contributed by atoms with Gasteiger partial charge in [0.2, 0.25) is 0 Å². The van der Waals surface area contributed by atoms with E-state index in [-0.39, 0.29) is 11.6 Å². The Morgan fingerprint density at radius 2 is 1.94 bits per heavy atom. The highest BCUT2D eigenvalue weighted by atomic mass is 19.1. The molecule has 1 aliphatic rings. The SMILES string of the molecule is CC1CCC(C)C(CCc2cc(F)ccc2F)C1. The Morgan fingerprint density at radius 1 is 1.17 bits per heavy atom. The van der Waals surface area contributed by atoms with E-state index in [2.05, 4.69) is 13.8 Å². The normalized spacial score (nSPS) is 28.3. The molecule has 0 amide bonds. The Bertz CT molecular complexity index is 400. The summed E-state index contributed by atoms with van der Waals surface area (Å²) in [6.45, 7) is 4.58. The smallest absolute Gasteiger partial charge is 0.126 e. The Kier molecular flexibility index (Phi) is 4.36. The molecule has 2 rings (SSSR count). The molecular formula is C16H22F2. The molecule has 1 aromatic carbocycles. The Labute approximate surface area is 108 Å². The predicted molar refractivity (Wildman–Crippen MR) is 70.3 cm³/mol. The summed E-state index contributed by atoms with van der Waals surface area (Å²) in [4.78, 5) is 0. The van der Waals surface area contributed by atoms with E-state index >= 15 is 0 Å². The average molecular weight is 252 g/mol. The standard InChI is InChI=1S/C16H22F2/c1-11-3-4-12(2)13(9-11)5-6-14-10-15(17)7-8-16(14)18/h7-8,10-13H,3-6,9H2,1-2H3. The maximum atomic E-state index is 13.5. The lowest BCUT2D eigenvalue weighted by molar-refractivity contribution is 0.193. The minimum atomic E-state index is -0.337. The highest BCUT2D eigenvalue weighted by Gasteiger charge is 2.25. The van der Waals surface area contributed by atoms with Crippen molar-refractivity contribution in [3.05, 3.63) is 35.4 Å². The first-order valence-corrected chi connectivity index (χ1v) is 7.00. The van der Waals surface area contributed by atoms with Crippen LogP contribution in [0.2, 0.25) is 0 Å². The van der Waals surface area contributed by atoms with Crippen LogP contribution in [0, 0.1) is 29.4 Å². The van der Waals surface area contributed by atoms with Gasteiger partial charge in [0, 0.05) is 0 Å². The molecule has 0 aliphatic heterocycles. The lowest BCUT2D eigenvalue weighted by Gasteiger charge is -2.32. The van der Waals surface area contributed by atoms with E-state index < -0.39 is 0 Å². The van der Waals surface area contributed by atoms with Gasteiger partial charge in [0.05, 0.1) is 0 Å². The van der Waals surface area contributed by atoms with E-state index in [0.29, 0.717) is 17.9 Å². The van der Waals surface area contributed by atoms with Crippen molar-refractivity contribution in [3.63, 3.8) is 0 Å². The molecule has 0 saturated heterocycles. The highest BCUT2D eigenvalue weighted by Crippen LogP contribution is 2.36. The first kappa shape index (κ1) is 13.5. The van der Waals surface area contributed by atoms with E-state index in [0.717, 1.165) is 18.3 Å². The molecule has 100 valence electrons. The molecule has 0 radical (unpaired) electrons. The number of aryl methyl sites for hydroxylation is 1. The zero-order valence-corrected chi connectivity index (χ0v) is 11.3. The number of benzene rings is 1. The molecular weight excluding hydrogens is 230 g/mol. The van der Waals surface area contributed by atoms with Crippen LogP contribution in [0.4, 0.5) is 8.78 Å². The summed E-state index contributed by atoms with van der Waals surface area (Å²) >= 11 is 0. The fraction of sp³-hybridized carbons (Fsp3) is 0.625. The Hall–Kier alpha value is -0.920. The zero-order valence-electron chi connectivity index (χ0n) is 11.3. The third-order valence-corrected chi connectivity index (χ3v) is 4.42. The third kappa shape index (κ3) is 3.30. The van der Waals surface area contributed by atoms with Crippen molar-refractivity contribution in [2.24, 2.45) is 17.8 Å². The third-order valence-electron chi connectivity index (χ3n) is 4.42. The van der Waals surface area contributed by atoms with Crippen molar-refractivity contribution in [2.45, 2.75) is 46.0 Å². The number of rotatable bonds is 3. The molecule has 3 atom stereocenters. The topological polar surface area (TPSA) is 0 Å². The second-order valence-electron chi connectivity index (χ2n) is 5.93.